The van der Waals surface area contributed by atoms with Crippen LogP contribution in [0.25, 0.3) is 22.2 Å². The van der Waals surface area contributed by atoms with Gasteiger partial charge in [-0.15, -0.1) is 0 Å². The maximum atomic E-state index is 12.2. The van der Waals surface area contributed by atoms with Crippen molar-refractivity contribution in [3.8, 4) is 17.0 Å². The maximum absolute atomic E-state index is 12.2. The molecule has 4 rings (SSSR count). The number of amides is 1. The van der Waals surface area contributed by atoms with Crippen molar-refractivity contribution in [2.45, 2.75) is 6.42 Å². The van der Waals surface area contributed by atoms with Gasteiger partial charge in [0.15, 0.2) is 0 Å². The average Bonchev–Trinajstić information content (AvgIpc) is 3.33. The Morgan fingerprint density at radius 2 is 2.03 bits per heavy atom. The van der Waals surface area contributed by atoms with Gasteiger partial charge < -0.3 is 25.0 Å². The Balaban J connectivity index is 1.74. The summed E-state index contributed by atoms with van der Waals surface area (Å²) in [6, 6.07) is 16.3. The number of nitrogens with zero attached hydrogens (tertiary/aromatic N) is 3. The Labute approximate surface area is 188 Å². The monoisotopic (exact) mass is 434 g/mol. The van der Waals surface area contributed by atoms with Crippen molar-refractivity contribution >= 4 is 28.2 Å². The molecular formula is C25H30N4O3. The lowest BCUT2D eigenvalue weighted by atomic mass is 10.1. The van der Waals surface area contributed by atoms with E-state index >= 15 is 0 Å². The predicted molar refractivity (Wildman–Crippen MR) is 128 cm³/mol. The summed E-state index contributed by atoms with van der Waals surface area (Å²) in [5.41, 5.74) is 4.88. The number of ether oxygens (including phenoxy) is 1. The lowest BCUT2D eigenvalue weighted by Gasteiger charge is -2.22. The van der Waals surface area contributed by atoms with Crippen LogP contribution in [0.4, 0.5) is 11.4 Å². The molecule has 32 heavy (non-hydrogen) atoms. The fourth-order valence-corrected chi connectivity index (χ4v) is 4.29. The minimum atomic E-state index is -0.00809. The third-order valence-electron chi connectivity index (χ3n) is 6.18. The number of rotatable bonds is 7. The zero-order valence-corrected chi connectivity index (χ0v) is 18.8. The topological polar surface area (TPSA) is 77.9 Å². The number of hydrogen-bond donors (Lipinski definition) is 2. The Hall–Kier alpha value is -3.32. The molecule has 1 unspecified atom stereocenters. The van der Waals surface area contributed by atoms with E-state index in [2.05, 4.69) is 28.4 Å². The quantitative estimate of drug-likeness (QED) is 0.595. The molecule has 0 saturated carbocycles. The highest BCUT2D eigenvalue weighted by Crippen LogP contribution is 2.35. The van der Waals surface area contributed by atoms with Gasteiger partial charge in [0.05, 0.1) is 30.8 Å². The van der Waals surface area contributed by atoms with E-state index in [1.807, 2.05) is 42.3 Å². The van der Waals surface area contributed by atoms with Crippen molar-refractivity contribution < 1.29 is 14.6 Å². The van der Waals surface area contributed by atoms with E-state index in [9.17, 15) is 9.90 Å². The Kier molecular flexibility index (Phi) is 6.46. The van der Waals surface area contributed by atoms with E-state index in [0.29, 0.717) is 13.1 Å². The van der Waals surface area contributed by atoms with Gasteiger partial charge in [0.25, 0.3) is 0 Å². The highest BCUT2D eigenvalue weighted by Gasteiger charge is 2.29. The summed E-state index contributed by atoms with van der Waals surface area (Å²) in [4.78, 5) is 21.4. The number of nitrogens with one attached hydrogen (secondary N) is 1. The van der Waals surface area contributed by atoms with Gasteiger partial charge in [0, 0.05) is 62.1 Å². The number of aliphatic hydroxyl groups is 1. The zero-order chi connectivity index (χ0) is 22.7. The molecule has 0 spiro atoms. The first-order valence-corrected chi connectivity index (χ1v) is 10.9. The summed E-state index contributed by atoms with van der Waals surface area (Å²) < 4.78 is 5.43. The maximum Gasteiger partial charge on any atom is 0.224 e. The van der Waals surface area contributed by atoms with Gasteiger partial charge in [-0.25, -0.2) is 4.98 Å². The van der Waals surface area contributed by atoms with Gasteiger partial charge in [-0.3, -0.25) is 4.79 Å². The number of carbonyl (C=O) groups excluding carboxylic acids is 1. The smallest absolute Gasteiger partial charge is 0.224 e. The third kappa shape index (κ3) is 4.34. The van der Waals surface area contributed by atoms with Crippen LogP contribution in [0, 0.1) is 5.92 Å². The van der Waals surface area contributed by atoms with E-state index in [0.717, 1.165) is 52.3 Å². The summed E-state index contributed by atoms with van der Waals surface area (Å²) in [6.45, 7) is 2.21. The lowest BCUT2D eigenvalue weighted by molar-refractivity contribution is -0.123. The predicted octanol–water partition coefficient (Wildman–Crippen LogP) is 2.91. The van der Waals surface area contributed by atoms with Crippen LogP contribution in [0.3, 0.4) is 0 Å². The van der Waals surface area contributed by atoms with Crippen LogP contribution in [-0.2, 0) is 4.79 Å². The molecule has 2 heterocycles. The van der Waals surface area contributed by atoms with E-state index < -0.39 is 0 Å². The molecule has 2 N–H and O–H groups in total. The van der Waals surface area contributed by atoms with Crippen LogP contribution in [0.5, 0.6) is 5.75 Å². The van der Waals surface area contributed by atoms with Crippen LogP contribution in [0.1, 0.15) is 6.42 Å². The molecular weight excluding hydrogens is 404 g/mol. The minimum absolute atomic E-state index is 0.00809. The third-order valence-corrected chi connectivity index (χ3v) is 6.18. The van der Waals surface area contributed by atoms with Crippen LogP contribution in [0.2, 0.25) is 0 Å². The summed E-state index contributed by atoms with van der Waals surface area (Å²) in [5, 5.41) is 13.0. The second-order valence-electron chi connectivity index (χ2n) is 8.15. The second kappa shape index (κ2) is 9.44. The van der Waals surface area contributed by atoms with Crippen LogP contribution in [0.15, 0.2) is 48.5 Å². The number of aromatic nitrogens is 1. The lowest BCUT2D eigenvalue weighted by Crippen LogP contribution is -2.30. The average molecular weight is 435 g/mol. The van der Waals surface area contributed by atoms with E-state index in [-0.39, 0.29) is 18.4 Å². The van der Waals surface area contributed by atoms with E-state index in [4.69, 9.17) is 9.72 Å². The molecule has 3 aromatic rings. The normalized spacial score (nSPS) is 15.8. The van der Waals surface area contributed by atoms with Gasteiger partial charge in [-0.05, 0) is 36.8 Å². The molecule has 0 radical (unpaired) electrons. The number of fused-ring (bicyclic) bond motifs is 1. The highest BCUT2D eigenvalue weighted by molar-refractivity contribution is 5.95. The number of aliphatic hydroxyl groups excluding tert-OH is 1. The molecule has 1 aliphatic rings. The van der Waals surface area contributed by atoms with E-state index in [1.165, 1.54) is 0 Å². The van der Waals surface area contributed by atoms with Crippen LogP contribution < -0.4 is 19.9 Å². The number of benzene rings is 2. The zero-order valence-electron chi connectivity index (χ0n) is 18.8. The first kappa shape index (κ1) is 21.9. The van der Waals surface area contributed by atoms with Crippen molar-refractivity contribution in [2.24, 2.45) is 5.92 Å². The molecule has 1 aliphatic heterocycles. The SMILES string of the molecule is CNC(=O)C1CCN(c2cc(-c3ccc(N(C)CCO)cc3)nc3cc(OC)ccc23)C1. The molecule has 1 amide bonds. The molecule has 0 aliphatic carbocycles. The fraction of sp³-hybridized carbons (Fsp3) is 0.360. The molecule has 168 valence electrons. The number of pyridine rings is 1. The van der Waals surface area contributed by atoms with Crippen LogP contribution in [-0.4, -0.2) is 63.4 Å². The highest BCUT2D eigenvalue weighted by atomic mass is 16.5. The number of carbonyl (C=O) groups is 1. The number of likely N-dealkylation sites (N-methyl/N-ethyl adjacent to an activating group) is 1. The Morgan fingerprint density at radius 3 is 2.72 bits per heavy atom. The molecule has 1 fully saturated rings. The largest absolute Gasteiger partial charge is 0.497 e. The van der Waals surface area contributed by atoms with Crippen molar-refractivity contribution in [1.82, 2.24) is 10.3 Å². The molecule has 2 aromatic carbocycles. The second-order valence-corrected chi connectivity index (χ2v) is 8.15. The van der Waals surface area contributed by atoms with Gasteiger partial charge >= 0.3 is 0 Å². The fourth-order valence-electron chi connectivity index (χ4n) is 4.29. The van der Waals surface area contributed by atoms with Crippen molar-refractivity contribution in [3.63, 3.8) is 0 Å². The molecule has 0 bridgehead atoms. The van der Waals surface area contributed by atoms with Crippen LogP contribution >= 0.6 is 0 Å². The molecule has 1 saturated heterocycles. The standard InChI is InChI=1S/C25H30N4O3/c1-26-25(31)18-10-11-29(16-18)24-15-22(27-23-14-20(32-3)8-9-21(23)24)17-4-6-19(7-5-17)28(2)12-13-30/h4-9,14-15,18,30H,10-13,16H2,1-3H3,(H,26,31). The van der Waals surface area contributed by atoms with Crippen molar-refractivity contribution in [1.29, 1.82) is 0 Å². The molecule has 7 nitrogen and oxygen atoms in total. The number of hydrogen-bond acceptors (Lipinski definition) is 6. The van der Waals surface area contributed by atoms with Crippen molar-refractivity contribution in [3.05, 3.63) is 48.5 Å². The Morgan fingerprint density at radius 1 is 1.25 bits per heavy atom. The Bertz CT molecular complexity index is 1100. The van der Waals surface area contributed by atoms with Gasteiger partial charge in [-0.1, -0.05) is 12.1 Å². The number of anilines is 2. The summed E-state index contributed by atoms with van der Waals surface area (Å²) >= 11 is 0. The van der Waals surface area contributed by atoms with Gasteiger partial charge in [0.1, 0.15) is 5.75 Å². The molecule has 7 heteroatoms. The first-order chi connectivity index (χ1) is 15.5. The van der Waals surface area contributed by atoms with Crippen molar-refractivity contribution in [2.75, 3.05) is 57.2 Å². The minimum Gasteiger partial charge on any atom is -0.497 e. The number of methoxy groups -OCH3 is 1. The first-order valence-electron chi connectivity index (χ1n) is 10.9. The molecule has 1 aromatic heterocycles. The summed E-state index contributed by atoms with van der Waals surface area (Å²) in [6.07, 6.45) is 0.834. The van der Waals surface area contributed by atoms with E-state index in [1.54, 1.807) is 14.2 Å². The molecule has 1 atom stereocenters. The van der Waals surface area contributed by atoms with Gasteiger partial charge in [0.2, 0.25) is 5.91 Å². The summed E-state index contributed by atoms with van der Waals surface area (Å²) in [7, 11) is 5.31. The van der Waals surface area contributed by atoms with Gasteiger partial charge in [-0.2, -0.15) is 0 Å². The summed E-state index contributed by atoms with van der Waals surface area (Å²) in [5.74, 6) is 0.848.